The minimum absolute atomic E-state index is 0.186. The smallest absolute Gasteiger partial charge is 0.339 e. The summed E-state index contributed by atoms with van der Waals surface area (Å²) in [5, 5.41) is 3.14. The van der Waals surface area contributed by atoms with Crippen LogP contribution in [0.15, 0.2) is 41.3 Å². The molecular formula is C19H20ClNO5S. The zero-order valence-corrected chi connectivity index (χ0v) is 16.8. The van der Waals surface area contributed by atoms with Crippen LogP contribution in [0, 0.1) is 6.92 Å². The highest BCUT2D eigenvalue weighted by molar-refractivity contribution is 7.85. The van der Waals surface area contributed by atoms with Gasteiger partial charge in [0.25, 0.3) is 5.91 Å². The van der Waals surface area contributed by atoms with Crippen molar-refractivity contribution >= 4 is 40.0 Å². The van der Waals surface area contributed by atoms with Crippen LogP contribution in [0.2, 0.25) is 5.02 Å². The van der Waals surface area contributed by atoms with E-state index in [2.05, 4.69) is 5.32 Å². The number of ether oxygens (including phenoxy) is 2. The van der Waals surface area contributed by atoms with E-state index >= 15 is 0 Å². The standard InChI is InChI=1S/C19H20ClNO5S/c1-4-27(24)17-8-6-5-7-13(17)19(23)26-11-18(22)21-15-9-12(2)14(20)10-16(15)25-3/h5-10H,4,11H2,1-3H3,(H,21,22)/t27-/m0/s1. The average molecular weight is 410 g/mol. The lowest BCUT2D eigenvalue weighted by Gasteiger charge is -2.13. The molecule has 6 nitrogen and oxygen atoms in total. The lowest BCUT2D eigenvalue weighted by molar-refractivity contribution is -0.119. The van der Waals surface area contributed by atoms with Gasteiger partial charge in [0.05, 0.1) is 34.1 Å². The van der Waals surface area contributed by atoms with Crippen molar-refractivity contribution < 1.29 is 23.3 Å². The number of carbonyl (C=O) groups excluding carboxylic acids is 2. The number of carbonyl (C=O) groups is 2. The Morgan fingerprint density at radius 2 is 1.93 bits per heavy atom. The van der Waals surface area contributed by atoms with Crippen molar-refractivity contribution in [2.24, 2.45) is 0 Å². The molecule has 0 saturated heterocycles. The molecule has 0 bridgehead atoms. The summed E-state index contributed by atoms with van der Waals surface area (Å²) in [6, 6.07) is 9.73. The molecule has 0 radical (unpaired) electrons. The normalized spacial score (nSPS) is 11.6. The highest BCUT2D eigenvalue weighted by atomic mass is 35.5. The first-order valence-electron chi connectivity index (χ1n) is 8.15. The quantitative estimate of drug-likeness (QED) is 0.707. The third-order valence-corrected chi connectivity index (χ3v) is 5.48. The third kappa shape index (κ3) is 5.30. The SMILES string of the molecule is CC[S@](=O)c1ccccc1C(=O)OCC(=O)Nc1cc(C)c(Cl)cc1OC. The zero-order chi connectivity index (χ0) is 20.0. The number of halogens is 1. The second-order valence-electron chi connectivity index (χ2n) is 5.56. The number of aryl methyl sites for hydroxylation is 1. The summed E-state index contributed by atoms with van der Waals surface area (Å²) < 4.78 is 22.3. The van der Waals surface area contributed by atoms with E-state index in [9.17, 15) is 13.8 Å². The maximum atomic E-state index is 12.3. The van der Waals surface area contributed by atoms with Gasteiger partial charge in [-0.25, -0.2) is 4.79 Å². The molecule has 0 unspecified atom stereocenters. The molecule has 0 fully saturated rings. The van der Waals surface area contributed by atoms with E-state index in [1.165, 1.54) is 13.2 Å². The molecule has 1 amide bonds. The molecule has 0 aliphatic rings. The van der Waals surface area contributed by atoms with Gasteiger partial charge in [0, 0.05) is 16.8 Å². The number of hydrogen-bond donors (Lipinski definition) is 1. The minimum atomic E-state index is -1.31. The fourth-order valence-electron chi connectivity index (χ4n) is 2.31. The average Bonchev–Trinajstić information content (AvgIpc) is 2.68. The molecule has 2 aromatic carbocycles. The molecule has 2 aromatic rings. The van der Waals surface area contributed by atoms with Crippen LogP contribution in [0.25, 0.3) is 0 Å². The predicted molar refractivity (Wildman–Crippen MR) is 105 cm³/mol. The van der Waals surface area contributed by atoms with Crippen molar-refractivity contribution in [1.82, 2.24) is 0 Å². The van der Waals surface area contributed by atoms with Gasteiger partial charge < -0.3 is 14.8 Å². The van der Waals surface area contributed by atoms with Gasteiger partial charge in [0.15, 0.2) is 6.61 Å². The Bertz CT molecular complexity index is 884. The maximum absolute atomic E-state index is 12.3. The Kier molecular flexibility index (Phi) is 7.38. The number of esters is 1. The number of nitrogens with one attached hydrogen (secondary N) is 1. The second-order valence-corrected chi connectivity index (χ2v) is 7.67. The molecule has 0 aromatic heterocycles. The van der Waals surface area contributed by atoms with Crippen LogP contribution >= 0.6 is 11.6 Å². The molecule has 1 N–H and O–H groups in total. The van der Waals surface area contributed by atoms with Gasteiger partial charge in [-0.3, -0.25) is 9.00 Å². The van der Waals surface area contributed by atoms with Gasteiger partial charge in [-0.15, -0.1) is 0 Å². The van der Waals surface area contributed by atoms with Crippen LogP contribution in [-0.2, 0) is 20.3 Å². The fourth-order valence-corrected chi connectivity index (χ4v) is 3.41. The van der Waals surface area contributed by atoms with E-state index in [1.54, 1.807) is 44.2 Å². The Morgan fingerprint density at radius 3 is 2.59 bits per heavy atom. The Morgan fingerprint density at radius 1 is 1.22 bits per heavy atom. The molecule has 27 heavy (non-hydrogen) atoms. The summed E-state index contributed by atoms with van der Waals surface area (Å²) >= 11 is 6.04. The second kappa shape index (κ2) is 9.53. The lowest BCUT2D eigenvalue weighted by Crippen LogP contribution is -2.22. The van der Waals surface area contributed by atoms with E-state index < -0.39 is 29.3 Å². The lowest BCUT2D eigenvalue weighted by atomic mass is 10.2. The molecular weight excluding hydrogens is 390 g/mol. The summed E-state index contributed by atoms with van der Waals surface area (Å²) in [6.45, 7) is 3.06. The van der Waals surface area contributed by atoms with Gasteiger partial charge in [0.1, 0.15) is 5.75 Å². The van der Waals surface area contributed by atoms with E-state index in [0.29, 0.717) is 27.1 Å². The number of hydrogen-bond acceptors (Lipinski definition) is 5. The first kappa shape index (κ1) is 20.9. The predicted octanol–water partition coefficient (Wildman–Crippen LogP) is 3.58. The van der Waals surface area contributed by atoms with Crippen LogP contribution in [0.1, 0.15) is 22.8 Å². The van der Waals surface area contributed by atoms with Crippen molar-refractivity contribution in [3.05, 3.63) is 52.5 Å². The highest BCUT2D eigenvalue weighted by Crippen LogP contribution is 2.30. The molecule has 0 aliphatic carbocycles. The Labute approximate surface area is 165 Å². The van der Waals surface area contributed by atoms with Gasteiger partial charge >= 0.3 is 5.97 Å². The fraction of sp³-hybridized carbons (Fsp3) is 0.263. The van der Waals surface area contributed by atoms with Gasteiger partial charge in [-0.05, 0) is 30.7 Å². The van der Waals surface area contributed by atoms with Crippen molar-refractivity contribution in [3.63, 3.8) is 0 Å². The van der Waals surface area contributed by atoms with E-state index in [4.69, 9.17) is 21.1 Å². The van der Waals surface area contributed by atoms with Gasteiger partial charge in [-0.1, -0.05) is 30.7 Å². The number of anilines is 1. The summed E-state index contributed by atoms with van der Waals surface area (Å²) in [7, 11) is 0.152. The molecule has 0 spiro atoms. The van der Waals surface area contributed by atoms with Crippen LogP contribution < -0.4 is 10.1 Å². The molecule has 144 valence electrons. The Balaban J connectivity index is 2.06. The number of rotatable bonds is 7. The molecule has 2 rings (SSSR count). The van der Waals surface area contributed by atoms with Crippen molar-refractivity contribution in [3.8, 4) is 5.75 Å². The largest absolute Gasteiger partial charge is 0.495 e. The number of amides is 1. The first-order valence-corrected chi connectivity index (χ1v) is 9.85. The summed E-state index contributed by atoms with van der Waals surface area (Å²) in [6.07, 6.45) is 0. The van der Waals surface area contributed by atoms with Crippen molar-refractivity contribution in [2.45, 2.75) is 18.7 Å². The summed E-state index contributed by atoms with van der Waals surface area (Å²) in [4.78, 5) is 24.8. The molecule has 0 saturated carbocycles. The number of benzene rings is 2. The molecule has 8 heteroatoms. The van der Waals surface area contributed by atoms with E-state index in [0.717, 1.165) is 5.56 Å². The molecule has 1 atom stereocenters. The van der Waals surface area contributed by atoms with Crippen LogP contribution in [0.5, 0.6) is 5.75 Å². The maximum Gasteiger partial charge on any atom is 0.339 e. The van der Waals surface area contributed by atoms with Gasteiger partial charge in [-0.2, -0.15) is 0 Å². The van der Waals surface area contributed by atoms with E-state index in [1.807, 2.05) is 0 Å². The topological polar surface area (TPSA) is 81.7 Å². The number of methoxy groups -OCH3 is 1. The van der Waals surface area contributed by atoms with Crippen LogP contribution in [0.3, 0.4) is 0 Å². The van der Waals surface area contributed by atoms with Crippen LogP contribution in [0.4, 0.5) is 5.69 Å². The molecule has 0 aliphatic heterocycles. The summed E-state index contributed by atoms with van der Waals surface area (Å²) in [5.41, 5.74) is 1.37. The van der Waals surface area contributed by atoms with Crippen molar-refractivity contribution in [2.75, 3.05) is 24.8 Å². The molecule has 0 heterocycles. The van der Waals surface area contributed by atoms with E-state index in [-0.39, 0.29) is 5.56 Å². The Hall–Kier alpha value is -2.38. The summed E-state index contributed by atoms with van der Waals surface area (Å²) in [5.74, 6) is -0.464. The third-order valence-electron chi connectivity index (χ3n) is 3.70. The van der Waals surface area contributed by atoms with Crippen LogP contribution in [-0.4, -0.2) is 35.6 Å². The first-order chi connectivity index (χ1) is 12.9. The monoisotopic (exact) mass is 409 g/mol. The highest BCUT2D eigenvalue weighted by Gasteiger charge is 2.18. The van der Waals surface area contributed by atoms with Gasteiger partial charge in [0.2, 0.25) is 0 Å². The minimum Gasteiger partial charge on any atom is -0.495 e. The zero-order valence-electron chi connectivity index (χ0n) is 15.2. The van der Waals surface area contributed by atoms with Crippen molar-refractivity contribution in [1.29, 1.82) is 0 Å².